The van der Waals surface area contributed by atoms with Crippen LogP contribution in [0.5, 0.6) is 11.5 Å². The Hall–Kier alpha value is -1.75. The zero-order chi connectivity index (χ0) is 13.5. The number of carboxylic acid groups (broad SMARTS) is 1. The summed E-state index contributed by atoms with van der Waals surface area (Å²) in [6.07, 6.45) is 2.55. The highest BCUT2D eigenvalue weighted by Gasteiger charge is 2.05. The van der Waals surface area contributed by atoms with Gasteiger partial charge in [-0.25, -0.2) is 4.79 Å². The Balaban J connectivity index is 2.93. The first-order valence-electron chi connectivity index (χ1n) is 5.08. The zero-order valence-electron chi connectivity index (χ0n) is 9.85. The van der Waals surface area contributed by atoms with Crippen LogP contribution in [0.25, 0.3) is 6.08 Å². The minimum Gasteiger partial charge on any atom is -0.493 e. The summed E-state index contributed by atoms with van der Waals surface area (Å²) in [6.45, 7) is 3.97. The smallest absolute Gasteiger partial charge is 0.328 e. The average Bonchev–Trinajstić information content (AvgIpc) is 2.33. The summed E-state index contributed by atoms with van der Waals surface area (Å²) in [5.41, 5.74) is 0.716. The van der Waals surface area contributed by atoms with Crippen molar-refractivity contribution in [2.75, 3.05) is 13.7 Å². The van der Waals surface area contributed by atoms with Gasteiger partial charge in [0, 0.05) is 10.6 Å². The van der Waals surface area contributed by atoms with Gasteiger partial charge in [0.2, 0.25) is 0 Å². The van der Waals surface area contributed by atoms with E-state index in [0.717, 1.165) is 6.08 Å². The molecule has 1 aromatic carbocycles. The molecule has 0 saturated carbocycles. The lowest BCUT2D eigenvalue weighted by Crippen LogP contribution is -1.98. The standard InChI is InChI=1S/C13H13BrO4/c1-9(14)8-18-12-7-10(4-6-13(15)16)3-5-11(12)17-2/h3-7H,1,8H2,2H3,(H,15,16)/b6-4+. The number of hydrogen-bond acceptors (Lipinski definition) is 3. The zero-order valence-corrected chi connectivity index (χ0v) is 11.4. The normalized spacial score (nSPS) is 10.3. The summed E-state index contributed by atoms with van der Waals surface area (Å²) in [6, 6.07) is 5.16. The molecule has 0 fully saturated rings. The topological polar surface area (TPSA) is 55.8 Å². The van der Waals surface area contributed by atoms with Crippen LogP contribution >= 0.6 is 15.9 Å². The van der Waals surface area contributed by atoms with Gasteiger partial charge >= 0.3 is 5.97 Å². The van der Waals surface area contributed by atoms with Crippen LogP contribution in [-0.2, 0) is 4.79 Å². The maximum Gasteiger partial charge on any atom is 0.328 e. The highest BCUT2D eigenvalue weighted by Crippen LogP contribution is 2.29. The summed E-state index contributed by atoms with van der Waals surface area (Å²) in [5.74, 6) is 0.115. The van der Waals surface area contributed by atoms with Crippen LogP contribution in [0.2, 0.25) is 0 Å². The molecule has 1 rings (SSSR count). The maximum atomic E-state index is 10.4. The van der Waals surface area contributed by atoms with Crippen molar-refractivity contribution < 1.29 is 19.4 Å². The second-order valence-electron chi connectivity index (χ2n) is 3.39. The third-order valence-corrected chi connectivity index (χ3v) is 2.22. The van der Waals surface area contributed by atoms with Crippen molar-refractivity contribution in [2.24, 2.45) is 0 Å². The van der Waals surface area contributed by atoms with Crippen molar-refractivity contribution in [2.45, 2.75) is 0 Å². The Kier molecular flexibility index (Phi) is 5.45. The van der Waals surface area contributed by atoms with Gasteiger partial charge in [0.05, 0.1) is 7.11 Å². The van der Waals surface area contributed by atoms with Gasteiger partial charge in [-0.2, -0.15) is 0 Å². The number of halogens is 1. The van der Waals surface area contributed by atoms with Crippen LogP contribution in [0, 0.1) is 0 Å². The van der Waals surface area contributed by atoms with E-state index in [1.165, 1.54) is 13.2 Å². The van der Waals surface area contributed by atoms with Gasteiger partial charge in [0.25, 0.3) is 0 Å². The van der Waals surface area contributed by atoms with Crippen LogP contribution in [-0.4, -0.2) is 24.8 Å². The van der Waals surface area contributed by atoms with Crippen molar-refractivity contribution in [3.8, 4) is 11.5 Å². The van der Waals surface area contributed by atoms with Crippen LogP contribution < -0.4 is 9.47 Å². The molecule has 96 valence electrons. The van der Waals surface area contributed by atoms with Crippen molar-refractivity contribution in [3.05, 3.63) is 40.9 Å². The van der Waals surface area contributed by atoms with Crippen LogP contribution in [0.4, 0.5) is 0 Å². The van der Waals surface area contributed by atoms with Crippen molar-refractivity contribution in [1.29, 1.82) is 0 Å². The summed E-state index contributed by atoms with van der Waals surface area (Å²) in [5, 5.41) is 8.56. The van der Waals surface area contributed by atoms with Crippen molar-refractivity contribution in [3.63, 3.8) is 0 Å². The molecule has 5 heteroatoms. The number of ether oxygens (including phenoxy) is 2. The van der Waals surface area contributed by atoms with E-state index in [1.54, 1.807) is 18.2 Å². The van der Waals surface area contributed by atoms with Gasteiger partial charge in [-0.05, 0) is 23.8 Å². The quantitative estimate of drug-likeness (QED) is 0.820. The molecule has 0 amide bonds. The van der Waals surface area contributed by atoms with E-state index in [1.807, 2.05) is 0 Å². The molecule has 0 saturated heterocycles. The van der Waals surface area contributed by atoms with Gasteiger partial charge in [-0.1, -0.05) is 28.6 Å². The van der Waals surface area contributed by atoms with E-state index in [9.17, 15) is 4.79 Å². The molecular weight excluding hydrogens is 300 g/mol. The summed E-state index contributed by atoms with van der Waals surface area (Å²) in [4.78, 5) is 10.4. The Morgan fingerprint density at radius 3 is 2.78 bits per heavy atom. The van der Waals surface area contributed by atoms with Gasteiger partial charge in [-0.3, -0.25) is 0 Å². The first-order chi connectivity index (χ1) is 8.52. The fraction of sp³-hybridized carbons (Fsp3) is 0.154. The van der Waals surface area contributed by atoms with Crippen molar-refractivity contribution >= 4 is 28.0 Å². The second kappa shape index (κ2) is 6.86. The number of hydrogen-bond donors (Lipinski definition) is 1. The van der Waals surface area contributed by atoms with Crippen LogP contribution in [0.15, 0.2) is 35.3 Å². The second-order valence-corrected chi connectivity index (χ2v) is 4.51. The molecule has 0 aliphatic carbocycles. The Morgan fingerprint density at radius 1 is 1.50 bits per heavy atom. The van der Waals surface area contributed by atoms with E-state index < -0.39 is 5.97 Å². The Morgan fingerprint density at radius 2 is 2.22 bits per heavy atom. The average molecular weight is 313 g/mol. The number of carboxylic acids is 1. The molecule has 0 radical (unpaired) electrons. The molecule has 0 atom stereocenters. The predicted octanol–water partition coefficient (Wildman–Crippen LogP) is 3.08. The molecule has 0 aliphatic heterocycles. The SMILES string of the molecule is C=C(Br)COc1cc(/C=C/C(=O)O)ccc1OC. The van der Waals surface area contributed by atoms with Gasteiger partial charge in [0.15, 0.2) is 11.5 Å². The van der Waals surface area contributed by atoms with Gasteiger partial charge in [-0.15, -0.1) is 0 Å². The highest BCUT2D eigenvalue weighted by atomic mass is 79.9. The molecular formula is C13H13BrO4. The number of methoxy groups -OCH3 is 1. The van der Waals surface area contributed by atoms with Crippen molar-refractivity contribution in [1.82, 2.24) is 0 Å². The molecule has 0 unspecified atom stereocenters. The van der Waals surface area contributed by atoms with Gasteiger partial charge < -0.3 is 14.6 Å². The molecule has 1 N–H and O–H groups in total. The third-order valence-electron chi connectivity index (χ3n) is 1.99. The number of rotatable bonds is 6. The molecule has 0 aliphatic rings. The largest absolute Gasteiger partial charge is 0.493 e. The minimum absolute atomic E-state index is 0.308. The lowest BCUT2D eigenvalue weighted by Gasteiger charge is -2.10. The monoisotopic (exact) mass is 312 g/mol. The van der Waals surface area contributed by atoms with Crippen LogP contribution in [0.1, 0.15) is 5.56 Å². The first-order valence-corrected chi connectivity index (χ1v) is 5.87. The highest BCUT2D eigenvalue weighted by molar-refractivity contribution is 9.11. The third kappa shape index (κ3) is 4.63. The molecule has 1 aromatic rings. The lowest BCUT2D eigenvalue weighted by molar-refractivity contribution is -0.131. The predicted molar refractivity (Wildman–Crippen MR) is 73.2 cm³/mol. The summed E-state index contributed by atoms with van der Waals surface area (Å²) in [7, 11) is 1.54. The number of carbonyl (C=O) groups is 1. The molecule has 0 spiro atoms. The number of aliphatic carboxylic acids is 1. The first kappa shape index (κ1) is 14.3. The van der Waals surface area contributed by atoms with E-state index in [2.05, 4.69) is 22.5 Å². The Labute approximate surface area is 114 Å². The minimum atomic E-state index is -0.998. The van der Waals surface area contributed by atoms with E-state index in [4.69, 9.17) is 14.6 Å². The van der Waals surface area contributed by atoms with E-state index in [-0.39, 0.29) is 0 Å². The molecule has 0 heterocycles. The molecule has 0 bridgehead atoms. The molecule has 4 nitrogen and oxygen atoms in total. The molecule has 0 aromatic heterocycles. The fourth-order valence-corrected chi connectivity index (χ4v) is 1.35. The Bertz CT molecular complexity index is 480. The maximum absolute atomic E-state index is 10.4. The lowest BCUT2D eigenvalue weighted by atomic mass is 10.2. The fourth-order valence-electron chi connectivity index (χ4n) is 1.23. The van der Waals surface area contributed by atoms with E-state index >= 15 is 0 Å². The van der Waals surface area contributed by atoms with E-state index in [0.29, 0.717) is 28.2 Å². The van der Waals surface area contributed by atoms with Crippen LogP contribution in [0.3, 0.4) is 0 Å². The van der Waals surface area contributed by atoms with Gasteiger partial charge in [0.1, 0.15) is 6.61 Å². The molecule has 18 heavy (non-hydrogen) atoms. The number of benzene rings is 1. The summed E-state index contributed by atoms with van der Waals surface area (Å²) < 4.78 is 11.3. The summed E-state index contributed by atoms with van der Waals surface area (Å²) >= 11 is 3.19.